The molecule has 1 N–H and O–H groups in total. The van der Waals surface area contributed by atoms with E-state index in [9.17, 15) is 4.39 Å². The molecular weight excluding hydrogens is 229 g/mol. The van der Waals surface area contributed by atoms with Crippen molar-refractivity contribution < 1.29 is 4.39 Å². The summed E-state index contributed by atoms with van der Waals surface area (Å²) >= 11 is 0. The highest BCUT2D eigenvalue weighted by Crippen LogP contribution is 2.09. The normalized spacial score (nSPS) is 10.8. The summed E-state index contributed by atoms with van der Waals surface area (Å²) in [6.07, 6.45) is 2.85. The molecule has 1 aromatic heterocycles. The summed E-state index contributed by atoms with van der Waals surface area (Å²) in [5.74, 6) is -0.176. The van der Waals surface area contributed by atoms with Gasteiger partial charge < -0.3 is 5.32 Å². The second-order valence-corrected chi connectivity index (χ2v) is 4.48. The Bertz CT molecular complexity index is 520. The molecule has 0 amide bonds. The molecule has 0 unspecified atom stereocenters. The van der Waals surface area contributed by atoms with Crippen molar-refractivity contribution in [3.8, 4) is 0 Å². The topological polar surface area (TPSA) is 29.9 Å². The maximum absolute atomic E-state index is 12.9. The Hall–Kier alpha value is -1.68. The molecule has 4 heteroatoms. The van der Waals surface area contributed by atoms with Gasteiger partial charge >= 0.3 is 0 Å². The molecular formula is C14H18FN3. The van der Waals surface area contributed by atoms with Gasteiger partial charge in [-0.3, -0.25) is 4.68 Å². The van der Waals surface area contributed by atoms with Crippen LogP contribution in [0.25, 0.3) is 0 Å². The van der Waals surface area contributed by atoms with E-state index in [-0.39, 0.29) is 5.82 Å². The van der Waals surface area contributed by atoms with Gasteiger partial charge in [-0.1, -0.05) is 6.07 Å². The number of halogens is 1. The average Bonchev–Trinajstić information content (AvgIpc) is 2.73. The molecule has 0 radical (unpaired) electrons. The van der Waals surface area contributed by atoms with Crippen molar-refractivity contribution in [2.24, 2.45) is 7.05 Å². The van der Waals surface area contributed by atoms with Crippen molar-refractivity contribution in [2.75, 3.05) is 6.54 Å². The van der Waals surface area contributed by atoms with Crippen LogP contribution < -0.4 is 5.32 Å². The zero-order valence-electron chi connectivity index (χ0n) is 10.8. The first-order valence-corrected chi connectivity index (χ1v) is 6.09. The maximum atomic E-state index is 12.9. The molecule has 0 saturated heterocycles. The Morgan fingerprint density at radius 1 is 1.33 bits per heavy atom. The summed E-state index contributed by atoms with van der Waals surface area (Å²) in [7, 11) is 1.92. The largest absolute Gasteiger partial charge is 0.312 e. The number of nitrogens with one attached hydrogen (secondary N) is 1. The third-order valence-corrected chi connectivity index (χ3v) is 2.95. The molecule has 2 rings (SSSR count). The number of benzene rings is 1. The Morgan fingerprint density at radius 2 is 2.17 bits per heavy atom. The van der Waals surface area contributed by atoms with E-state index in [1.165, 1.54) is 6.07 Å². The van der Waals surface area contributed by atoms with Crippen LogP contribution in [-0.4, -0.2) is 16.3 Å². The summed E-state index contributed by atoms with van der Waals surface area (Å²) in [5.41, 5.74) is 3.21. The zero-order valence-corrected chi connectivity index (χ0v) is 10.8. The number of aryl methyl sites for hydroxylation is 2. The molecule has 18 heavy (non-hydrogen) atoms. The lowest BCUT2D eigenvalue weighted by atomic mass is 10.1. The predicted octanol–water partition coefficient (Wildman–Crippen LogP) is 2.20. The summed E-state index contributed by atoms with van der Waals surface area (Å²) in [6.45, 7) is 3.56. The van der Waals surface area contributed by atoms with Crippen molar-refractivity contribution in [1.82, 2.24) is 15.1 Å². The smallest absolute Gasteiger partial charge is 0.123 e. The predicted molar refractivity (Wildman–Crippen MR) is 69.8 cm³/mol. The first-order chi connectivity index (χ1) is 8.65. The third kappa shape index (κ3) is 3.40. The van der Waals surface area contributed by atoms with Gasteiger partial charge in [-0.05, 0) is 36.2 Å². The molecule has 0 atom stereocenters. The second kappa shape index (κ2) is 5.78. The number of aromatic nitrogens is 2. The van der Waals surface area contributed by atoms with E-state index in [2.05, 4.69) is 10.4 Å². The maximum Gasteiger partial charge on any atom is 0.123 e. The van der Waals surface area contributed by atoms with Crippen LogP contribution in [-0.2, 0) is 20.0 Å². The highest BCUT2D eigenvalue weighted by atomic mass is 19.1. The van der Waals surface area contributed by atoms with Gasteiger partial charge in [-0.15, -0.1) is 0 Å². The number of hydrogen-bond donors (Lipinski definition) is 1. The Morgan fingerprint density at radius 3 is 2.83 bits per heavy atom. The minimum absolute atomic E-state index is 0.176. The molecule has 0 fully saturated rings. The van der Waals surface area contributed by atoms with E-state index in [0.29, 0.717) is 0 Å². The Kier molecular flexibility index (Phi) is 4.10. The van der Waals surface area contributed by atoms with E-state index in [1.54, 1.807) is 10.7 Å². The fourth-order valence-corrected chi connectivity index (χ4v) is 1.89. The van der Waals surface area contributed by atoms with E-state index < -0.39 is 0 Å². The lowest BCUT2D eigenvalue weighted by Crippen LogP contribution is -2.17. The minimum Gasteiger partial charge on any atom is -0.312 e. The molecule has 0 aliphatic heterocycles. The number of hydrogen-bond acceptors (Lipinski definition) is 2. The standard InChI is InChI=1S/C14H18FN3/c1-11-9-13(15)4-3-12(11)10-16-7-5-14-6-8-18(2)17-14/h3-4,6,8-9,16H,5,7,10H2,1-2H3. The van der Waals surface area contributed by atoms with Crippen LogP contribution in [0, 0.1) is 12.7 Å². The fraction of sp³-hybridized carbons (Fsp3) is 0.357. The molecule has 96 valence electrons. The van der Waals surface area contributed by atoms with E-state index in [0.717, 1.165) is 36.3 Å². The van der Waals surface area contributed by atoms with Gasteiger partial charge in [0.05, 0.1) is 5.69 Å². The van der Waals surface area contributed by atoms with Crippen LogP contribution in [0.1, 0.15) is 16.8 Å². The highest BCUT2D eigenvalue weighted by Gasteiger charge is 2.00. The van der Waals surface area contributed by atoms with E-state index in [4.69, 9.17) is 0 Å². The molecule has 1 aromatic carbocycles. The van der Waals surface area contributed by atoms with Crippen LogP contribution in [0.3, 0.4) is 0 Å². The monoisotopic (exact) mass is 247 g/mol. The molecule has 0 aliphatic rings. The molecule has 0 spiro atoms. The van der Waals surface area contributed by atoms with Crippen LogP contribution in [0.4, 0.5) is 4.39 Å². The van der Waals surface area contributed by atoms with Crippen molar-refractivity contribution in [3.63, 3.8) is 0 Å². The molecule has 1 heterocycles. The van der Waals surface area contributed by atoms with Crippen molar-refractivity contribution >= 4 is 0 Å². The summed E-state index contributed by atoms with van der Waals surface area (Å²) in [4.78, 5) is 0. The molecule has 3 nitrogen and oxygen atoms in total. The summed E-state index contributed by atoms with van der Waals surface area (Å²) < 4.78 is 14.7. The van der Waals surface area contributed by atoms with Gasteiger partial charge in [0, 0.05) is 32.8 Å². The SMILES string of the molecule is Cc1cc(F)ccc1CNCCc1ccn(C)n1. The Labute approximate surface area is 107 Å². The highest BCUT2D eigenvalue weighted by molar-refractivity contribution is 5.26. The van der Waals surface area contributed by atoms with Gasteiger partial charge in [-0.2, -0.15) is 5.10 Å². The van der Waals surface area contributed by atoms with Gasteiger partial charge in [0.15, 0.2) is 0 Å². The second-order valence-electron chi connectivity index (χ2n) is 4.48. The minimum atomic E-state index is -0.176. The quantitative estimate of drug-likeness (QED) is 0.821. The number of rotatable bonds is 5. The van der Waals surface area contributed by atoms with Crippen LogP contribution in [0.5, 0.6) is 0 Å². The molecule has 0 aliphatic carbocycles. The molecule has 0 bridgehead atoms. The van der Waals surface area contributed by atoms with Crippen molar-refractivity contribution in [2.45, 2.75) is 19.9 Å². The van der Waals surface area contributed by atoms with Crippen molar-refractivity contribution in [3.05, 3.63) is 53.1 Å². The van der Waals surface area contributed by atoms with Crippen molar-refractivity contribution in [1.29, 1.82) is 0 Å². The van der Waals surface area contributed by atoms with E-state index in [1.807, 2.05) is 32.3 Å². The molecule has 0 saturated carbocycles. The van der Waals surface area contributed by atoms with Crippen LogP contribution in [0.15, 0.2) is 30.5 Å². The average molecular weight is 247 g/mol. The lowest BCUT2D eigenvalue weighted by Gasteiger charge is -2.07. The van der Waals surface area contributed by atoms with Gasteiger partial charge in [-0.25, -0.2) is 4.39 Å². The first kappa shape index (κ1) is 12.8. The summed E-state index contributed by atoms with van der Waals surface area (Å²) in [5, 5.41) is 7.66. The molecule has 2 aromatic rings. The van der Waals surface area contributed by atoms with Crippen LogP contribution in [0.2, 0.25) is 0 Å². The fourth-order valence-electron chi connectivity index (χ4n) is 1.89. The van der Waals surface area contributed by atoms with Gasteiger partial charge in [0.25, 0.3) is 0 Å². The third-order valence-electron chi connectivity index (χ3n) is 2.95. The lowest BCUT2D eigenvalue weighted by molar-refractivity contribution is 0.622. The van der Waals surface area contributed by atoms with E-state index >= 15 is 0 Å². The Balaban J connectivity index is 1.78. The van der Waals surface area contributed by atoms with Gasteiger partial charge in [0.2, 0.25) is 0 Å². The number of nitrogens with zero attached hydrogens (tertiary/aromatic N) is 2. The van der Waals surface area contributed by atoms with Crippen LogP contribution >= 0.6 is 0 Å². The van der Waals surface area contributed by atoms with Gasteiger partial charge in [0.1, 0.15) is 5.82 Å². The zero-order chi connectivity index (χ0) is 13.0. The first-order valence-electron chi connectivity index (χ1n) is 6.09. The summed E-state index contributed by atoms with van der Waals surface area (Å²) in [6, 6.07) is 6.92.